The Labute approximate surface area is 139 Å². The van der Waals surface area contributed by atoms with Crippen molar-refractivity contribution >= 4 is 17.3 Å². The second kappa shape index (κ2) is 5.30. The lowest BCUT2D eigenvalue weighted by molar-refractivity contribution is 0.751. The Bertz CT molecular complexity index is 889. The van der Waals surface area contributed by atoms with Crippen LogP contribution in [0.2, 0.25) is 0 Å². The number of H-pyrrole nitrogens is 1. The van der Waals surface area contributed by atoms with Crippen LogP contribution >= 0.6 is 0 Å². The summed E-state index contributed by atoms with van der Waals surface area (Å²) in [5, 5.41) is 7.46. The molecule has 3 aromatic heterocycles. The van der Waals surface area contributed by atoms with Crippen LogP contribution in [0.4, 0.5) is 11.5 Å². The normalized spacial score (nSPS) is 18.8. The Kier molecular flexibility index (Phi) is 2.97. The van der Waals surface area contributed by atoms with E-state index in [4.69, 9.17) is 4.99 Å². The molecule has 5 rings (SSSR count). The lowest BCUT2D eigenvalue weighted by Gasteiger charge is -2.30. The van der Waals surface area contributed by atoms with Crippen LogP contribution in [0.15, 0.2) is 48.0 Å². The number of aromatic nitrogens is 5. The molecule has 4 heterocycles. The van der Waals surface area contributed by atoms with E-state index in [9.17, 15) is 0 Å². The van der Waals surface area contributed by atoms with Gasteiger partial charge in [0.25, 0.3) is 0 Å². The van der Waals surface area contributed by atoms with Gasteiger partial charge in [-0.05, 0) is 25.0 Å². The number of anilines is 1. The minimum absolute atomic E-state index is 0.647. The van der Waals surface area contributed by atoms with E-state index in [-0.39, 0.29) is 0 Å². The van der Waals surface area contributed by atoms with Crippen molar-refractivity contribution in [3.63, 3.8) is 0 Å². The maximum atomic E-state index is 4.77. The van der Waals surface area contributed by atoms with Gasteiger partial charge in [0, 0.05) is 36.3 Å². The molecule has 1 fully saturated rings. The number of hydrogen-bond acceptors (Lipinski definition) is 5. The van der Waals surface area contributed by atoms with Gasteiger partial charge in [0.1, 0.15) is 11.7 Å². The van der Waals surface area contributed by atoms with Gasteiger partial charge in [-0.1, -0.05) is 0 Å². The van der Waals surface area contributed by atoms with Crippen LogP contribution in [0.25, 0.3) is 0 Å². The fraction of sp³-hybridized carbons (Fsp3) is 0.294. The van der Waals surface area contributed by atoms with Crippen molar-refractivity contribution < 1.29 is 0 Å². The lowest BCUT2D eigenvalue weighted by atomic mass is 10.3. The molecule has 0 radical (unpaired) electrons. The molecule has 0 spiro atoms. The monoisotopic (exact) mass is 319 g/mol. The minimum atomic E-state index is 0.647. The number of pyridine rings is 1. The maximum absolute atomic E-state index is 4.77. The van der Waals surface area contributed by atoms with Gasteiger partial charge in [-0.15, -0.1) is 0 Å². The standard InChI is InChI=1S/C17H17N7/c1-2-13(9-18-5-1)23-10-16-19-6-7-24(16)17(11-23)20-15-8-14(21-22-15)12-3-4-12/h1-2,5-9,12H,3-4,10-11H2,(H,21,22). The van der Waals surface area contributed by atoms with Crippen LogP contribution < -0.4 is 4.90 Å². The molecule has 0 saturated heterocycles. The number of rotatable bonds is 3. The molecule has 0 bridgehead atoms. The number of aliphatic imine (C=N–C) groups is 1. The molecule has 1 saturated carbocycles. The maximum Gasteiger partial charge on any atom is 0.175 e. The number of nitrogens with zero attached hydrogens (tertiary/aromatic N) is 6. The molecule has 7 nitrogen and oxygen atoms in total. The van der Waals surface area contributed by atoms with Crippen molar-refractivity contribution in [2.75, 3.05) is 11.4 Å². The van der Waals surface area contributed by atoms with Crippen LogP contribution in [-0.2, 0) is 6.54 Å². The van der Waals surface area contributed by atoms with Crippen molar-refractivity contribution in [3.8, 4) is 0 Å². The van der Waals surface area contributed by atoms with Crippen molar-refractivity contribution in [2.24, 2.45) is 4.99 Å². The third-order valence-electron chi connectivity index (χ3n) is 4.52. The highest BCUT2D eigenvalue weighted by molar-refractivity contribution is 5.92. The first kappa shape index (κ1) is 13.5. The van der Waals surface area contributed by atoms with Crippen LogP contribution in [0.5, 0.6) is 0 Å². The van der Waals surface area contributed by atoms with Crippen molar-refractivity contribution in [1.82, 2.24) is 24.7 Å². The number of nitrogens with one attached hydrogen (secondary N) is 1. The molecule has 0 unspecified atom stereocenters. The highest BCUT2D eigenvalue weighted by Gasteiger charge is 2.26. The molecular weight excluding hydrogens is 302 g/mol. The van der Waals surface area contributed by atoms with E-state index in [2.05, 4.69) is 41.8 Å². The van der Waals surface area contributed by atoms with E-state index in [1.165, 1.54) is 18.5 Å². The van der Waals surface area contributed by atoms with Crippen molar-refractivity contribution in [3.05, 3.63) is 54.5 Å². The molecule has 1 aliphatic carbocycles. The Balaban J connectivity index is 1.50. The molecule has 1 N–H and O–H groups in total. The summed E-state index contributed by atoms with van der Waals surface area (Å²) in [6, 6.07) is 6.07. The molecule has 24 heavy (non-hydrogen) atoms. The molecular formula is C17H17N7. The van der Waals surface area contributed by atoms with Gasteiger partial charge in [-0.25, -0.2) is 9.98 Å². The predicted molar refractivity (Wildman–Crippen MR) is 90.6 cm³/mol. The zero-order valence-electron chi connectivity index (χ0n) is 13.1. The van der Waals surface area contributed by atoms with Gasteiger partial charge in [0.15, 0.2) is 5.82 Å². The average molecular weight is 319 g/mol. The van der Waals surface area contributed by atoms with E-state index < -0.39 is 0 Å². The molecule has 7 heteroatoms. The van der Waals surface area contributed by atoms with E-state index in [1.54, 1.807) is 6.20 Å². The van der Waals surface area contributed by atoms with Crippen LogP contribution in [0, 0.1) is 0 Å². The molecule has 0 atom stereocenters. The lowest BCUT2D eigenvalue weighted by Crippen LogP contribution is -2.39. The Morgan fingerprint density at radius 3 is 3.00 bits per heavy atom. The van der Waals surface area contributed by atoms with Crippen molar-refractivity contribution in [1.29, 1.82) is 0 Å². The fourth-order valence-corrected chi connectivity index (χ4v) is 3.09. The molecule has 2 aliphatic rings. The molecule has 0 aromatic carbocycles. The Morgan fingerprint density at radius 2 is 2.17 bits per heavy atom. The first-order chi connectivity index (χ1) is 11.9. The van der Waals surface area contributed by atoms with Gasteiger partial charge >= 0.3 is 0 Å². The van der Waals surface area contributed by atoms with E-state index in [0.717, 1.165) is 29.7 Å². The van der Waals surface area contributed by atoms with Gasteiger partial charge in [-0.3, -0.25) is 14.6 Å². The molecule has 120 valence electrons. The summed E-state index contributed by atoms with van der Waals surface area (Å²) in [5.41, 5.74) is 2.26. The summed E-state index contributed by atoms with van der Waals surface area (Å²) in [6.07, 6.45) is 9.93. The Morgan fingerprint density at radius 1 is 1.21 bits per heavy atom. The number of imidazole rings is 1. The number of aromatic amines is 1. The van der Waals surface area contributed by atoms with Crippen LogP contribution in [-0.4, -0.2) is 37.1 Å². The zero-order chi connectivity index (χ0) is 15.9. The average Bonchev–Trinajstić information content (AvgIpc) is 3.17. The second-order valence-electron chi connectivity index (χ2n) is 6.26. The highest BCUT2D eigenvalue weighted by Crippen LogP contribution is 2.39. The summed E-state index contributed by atoms with van der Waals surface area (Å²) in [4.78, 5) is 15.7. The number of fused-ring (bicyclic) bond motifs is 1. The van der Waals surface area contributed by atoms with Gasteiger partial charge in [0.05, 0.1) is 25.0 Å². The largest absolute Gasteiger partial charge is 0.355 e. The van der Waals surface area contributed by atoms with Crippen molar-refractivity contribution in [2.45, 2.75) is 25.3 Å². The van der Waals surface area contributed by atoms with Crippen LogP contribution in [0.3, 0.4) is 0 Å². The third-order valence-corrected chi connectivity index (χ3v) is 4.52. The van der Waals surface area contributed by atoms with Gasteiger partial charge in [0.2, 0.25) is 0 Å². The van der Waals surface area contributed by atoms with E-state index >= 15 is 0 Å². The van der Waals surface area contributed by atoms with Gasteiger partial charge in [-0.2, -0.15) is 5.10 Å². The quantitative estimate of drug-likeness (QED) is 0.805. The highest BCUT2D eigenvalue weighted by atomic mass is 15.3. The van der Waals surface area contributed by atoms with E-state index in [0.29, 0.717) is 12.5 Å². The minimum Gasteiger partial charge on any atom is -0.355 e. The SMILES string of the molecule is c1cncc(N2CC(=Nc3cc(C4CC4)[nH]n3)n3ccnc3C2)c1. The molecule has 0 amide bonds. The summed E-state index contributed by atoms with van der Waals surface area (Å²) in [7, 11) is 0. The fourth-order valence-electron chi connectivity index (χ4n) is 3.09. The zero-order valence-corrected chi connectivity index (χ0v) is 13.1. The molecule has 3 aromatic rings. The Hall–Kier alpha value is -2.96. The first-order valence-electron chi connectivity index (χ1n) is 8.17. The van der Waals surface area contributed by atoms with Gasteiger partial charge < -0.3 is 4.90 Å². The molecule has 1 aliphatic heterocycles. The summed E-state index contributed by atoms with van der Waals surface area (Å²) in [5.74, 6) is 3.28. The van der Waals surface area contributed by atoms with E-state index in [1.807, 2.05) is 24.7 Å². The third kappa shape index (κ3) is 2.38. The number of hydrogen-bond donors (Lipinski definition) is 1. The van der Waals surface area contributed by atoms with Crippen LogP contribution in [0.1, 0.15) is 30.3 Å². The first-order valence-corrected chi connectivity index (χ1v) is 8.17. The smallest absolute Gasteiger partial charge is 0.175 e. The summed E-state index contributed by atoms with van der Waals surface area (Å²) >= 11 is 0. The second-order valence-corrected chi connectivity index (χ2v) is 6.26. The predicted octanol–water partition coefficient (Wildman–Crippen LogP) is 2.48. The topological polar surface area (TPSA) is 75.0 Å². The summed E-state index contributed by atoms with van der Waals surface area (Å²) < 4.78 is 2.05. The summed E-state index contributed by atoms with van der Waals surface area (Å²) in [6.45, 7) is 1.44.